The summed E-state index contributed by atoms with van der Waals surface area (Å²) in [6.07, 6.45) is 1.79. The molecular weight excluding hydrogens is 322 g/mol. The lowest BCUT2D eigenvalue weighted by atomic mass is 10.0. The number of ketones is 1. The molecule has 4 rings (SSSR count). The van der Waals surface area contributed by atoms with Gasteiger partial charge in [0, 0.05) is 12.5 Å². The molecule has 0 spiro atoms. The smallest absolute Gasteiger partial charge is 0.228 e. The highest BCUT2D eigenvalue weighted by Crippen LogP contribution is 2.35. The summed E-state index contributed by atoms with van der Waals surface area (Å²) in [5.41, 5.74) is 4.66. The van der Waals surface area contributed by atoms with Crippen molar-refractivity contribution in [2.24, 2.45) is 0 Å². The summed E-state index contributed by atoms with van der Waals surface area (Å²) in [5, 5.41) is 0. The number of amides is 1. The van der Waals surface area contributed by atoms with Crippen LogP contribution in [-0.2, 0) is 4.79 Å². The molecule has 0 radical (unpaired) electrons. The second-order valence-corrected chi connectivity index (χ2v) is 6.22. The third-order valence-corrected chi connectivity index (χ3v) is 4.48. The van der Waals surface area contributed by atoms with Crippen LogP contribution >= 0.6 is 0 Å². The van der Waals surface area contributed by atoms with E-state index in [0.29, 0.717) is 16.9 Å². The maximum atomic E-state index is 12.8. The number of nitrogens with zero attached hydrogens (tertiary/aromatic N) is 1. The van der Waals surface area contributed by atoms with Crippen LogP contribution in [0.25, 0.3) is 17.2 Å². The summed E-state index contributed by atoms with van der Waals surface area (Å²) in [6, 6.07) is 25.2. The SMILES string of the molecule is CC(=O)N1/C(=C/c2cccc(-c3ccccc3)c2)C(=O)c2ccccc21. The van der Waals surface area contributed by atoms with Crippen molar-refractivity contribution in [3.63, 3.8) is 0 Å². The number of rotatable bonds is 2. The number of anilines is 1. The van der Waals surface area contributed by atoms with Gasteiger partial charge in [-0.2, -0.15) is 0 Å². The molecule has 3 aromatic rings. The van der Waals surface area contributed by atoms with E-state index in [4.69, 9.17) is 0 Å². The second kappa shape index (κ2) is 6.45. The maximum absolute atomic E-state index is 12.8. The summed E-state index contributed by atoms with van der Waals surface area (Å²) in [4.78, 5) is 26.5. The van der Waals surface area contributed by atoms with Gasteiger partial charge in [-0.15, -0.1) is 0 Å². The maximum Gasteiger partial charge on any atom is 0.228 e. The van der Waals surface area contributed by atoms with Crippen LogP contribution in [-0.4, -0.2) is 11.7 Å². The molecule has 1 aliphatic heterocycles. The van der Waals surface area contributed by atoms with E-state index < -0.39 is 0 Å². The van der Waals surface area contributed by atoms with Crippen LogP contribution < -0.4 is 4.90 Å². The Bertz CT molecular complexity index is 1030. The molecule has 1 amide bonds. The van der Waals surface area contributed by atoms with E-state index in [9.17, 15) is 9.59 Å². The Kier molecular flexibility index (Phi) is 3.98. The minimum Gasteiger partial charge on any atom is -0.287 e. The van der Waals surface area contributed by atoms with Gasteiger partial charge in [-0.3, -0.25) is 14.5 Å². The van der Waals surface area contributed by atoms with E-state index in [1.807, 2.05) is 66.7 Å². The number of para-hydroxylation sites is 1. The van der Waals surface area contributed by atoms with Crippen molar-refractivity contribution in [3.05, 3.63) is 95.7 Å². The minimum atomic E-state index is -0.172. The molecule has 0 saturated carbocycles. The van der Waals surface area contributed by atoms with Crippen molar-refractivity contribution in [2.75, 3.05) is 4.90 Å². The van der Waals surface area contributed by atoms with Gasteiger partial charge in [-0.25, -0.2) is 0 Å². The van der Waals surface area contributed by atoms with Crippen LogP contribution in [0.5, 0.6) is 0 Å². The zero-order chi connectivity index (χ0) is 18.1. The fourth-order valence-electron chi connectivity index (χ4n) is 3.30. The highest BCUT2D eigenvalue weighted by Gasteiger charge is 2.34. The zero-order valence-electron chi connectivity index (χ0n) is 14.3. The predicted octanol–water partition coefficient (Wildman–Crippen LogP) is 4.94. The fraction of sp³-hybridized carbons (Fsp3) is 0.0435. The average Bonchev–Trinajstić information content (AvgIpc) is 2.95. The fourth-order valence-corrected chi connectivity index (χ4v) is 3.30. The first-order chi connectivity index (χ1) is 12.6. The van der Waals surface area contributed by atoms with Crippen molar-refractivity contribution in [1.29, 1.82) is 0 Å². The summed E-state index contributed by atoms with van der Waals surface area (Å²) in [7, 11) is 0. The van der Waals surface area contributed by atoms with Crippen LogP contribution in [0.3, 0.4) is 0 Å². The molecule has 0 unspecified atom stereocenters. The highest BCUT2D eigenvalue weighted by atomic mass is 16.2. The van der Waals surface area contributed by atoms with Crippen LogP contribution in [0.1, 0.15) is 22.8 Å². The van der Waals surface area contributed by atoms with Gasteiger partial charge in [0.2, 0.25) is 11.7 Å². The number of carbonyl (C=O) groups excluding carboxylic acids is 2. The van der Waals surface area contributed by atoms with Gasteiger partial charge in [0.05, 0.1) is 11.4 Å². The van der Waals surface area contributed by atoms with Crippen LogP contribution in [0.2, 0.25) is 0 Å². The Morgan fingerprint density at radius 2 is 1.54 bits per heavy atom. The standard InChI is InChI=1S/C23H17NO2/c1-16(25)24-21-13-6-5-12-20(21)23(26)22(24)15-17-8-7-11-19(14-17)18-9-3-2-4-10-18/h2-15H,1H3/b22-15+. The first-order valence-corrected chi connectivity index (χ1v) is 8.47. The van der Waals surface area contributed by atoms with Gasteiger partial charge in [0.1, 0.15) is 0 Å². The first kappa shape index (κ1) is 16.0. The minimum absolute atomic E-state index is 0.124. The molecule has 3 nitrogen and oxygen atoms in total. The number of allylic oxidation sites excluding steroid dienone is 1. The van der Waals surface area contributed by atoms with E-state index in [0.717, 1.165) is 16.7 Å². The Labute approximate surface area is 152 Å². The molecule has 0 saturated heterocycles. The summed E-state index contributed by atoms with van der Waals surface area (Å²) < 4.78 is 0. The van der Waals surface area contributed by atoms with Gasteiger partial charge in [-0.05, 0) is 41.0 Å². The van der Waals surface area contributed by atoms with Gasteiger partial charge in [-0.1, -0.05) is 60.7 Å². The van der Waals surface area contributed by atoms with E-state index in [1.54, 1.807) is 18.2 Å². The molecule has 0 bridgehead atoms. The normalized spacial score (nSPS) is 14.6. The Hall–Kier alpha value is -3.46. The molecule has 0 N–H and O–H groups in total. The first-order valence-electron chi connectivity index (χ1n) is 8.47. The Morgan fingerprint density at radius 3 is 2.31 bits per heavy atom. The molecule has 0 aromatic heterocycles. The molecule has 0 fully saturated rings. The van der Waals surface area contributed by atoms with Gasteiger partial charge in [0.15, 0.2) is 0 Å². The molecule has 1 aliphatic rings. The molecule has 0 aliphatic carbocycles. The van der Waals surface area contributed by atoms with Crippen molar-refractivity contribution in [1.82, 2.24) is 0 Å². The summed E-state index contributed by atoms with van der Waals surface area (Å²) in [6.45, 7) is 1.48. The van der Waals surface area contributed by atoms with Gasteiger partial charge < -0.3 is 0 Å². The molecule has 0 atom stereocenters. The van der Waals surface area contributed by atoms with E-state index in [1.165, 1.54) is 11.8 Å². The zero-order valence-corrected chi connectivity index (χ0v) is 14.3. The van der Waals surface area contributed by atoms with Gasteiger partial charge in [0.25, 0.3) is 0 Å². The largest absolute Gasteiger partial charge is 0.287 e. The van der Waals surface area contributed by atoms with E-state index >= 15 is 0 Å². The number of benzene rings is 3. The Balaban J connectivity index is 1.79. The van der Waals surface area contributed by atoms with Gasteiger partial charge >= 0.3 is 0 Å². The number of hydrogen-bond acceptors (Lipinski definition) is 2. The topological polar surface area (TPSA) is 37.4 Å². The van der Waals surface area contributed by atoms with Crippen LogP contribution in [0.15, 0.2) is 84.6 Å². The summed E-state index contributed by atoms with van der Waals surface area (Å²) in [5.74, 6) is -0.297. The molecule has 3 aromatic carbocycles. The third-order valence-electron chi connectivity index (χ3n) is 4.48. The lowest BCUT2D eigenvalue weighted by molar-refractivity contribution is -0.116. The van der Waals surface area contributed by atoms with Crippen LogP contribution in [0, 0.1) is 0 Å². The average molecular weight is 339 g/mol. The number of Topliss-reactive ketones (excluding diaryl/α,β-unsaturated/α-hetero) is 1. The second-order valence-electron chi connectivity index (χ2n) is 6.22. The van der Waals surface area contributed by atoms with Crippen molar-refractivity contribution in [3.8, 4) is 11.1 Å². The molecular formula is C23H17NO2. The summed E-state index contributed by atoms with van der Waals surface area (Å²) >= 11 is 0. The Morgan fingerprint density at radius 1 is 0.846 bits per heavy atom. The molecule has 1 heterocycles. The van der Waals surface area contributed by atoms with Crippen molar-refractivity contribution < 1.29 is 9.59 Å². The monoisotopic (exact) mass is 339 g/mol. The molecule has 126 valence electrons. The lowest BCUT2D eigenvalue weighted by Gasteiger charge is -2.16. The molecule has 26 heavy (non-hydrogen) atoms. The number of fused-ring (bicyclic) bond motifs is 1. The van der Waals surface area contributed by atoms with E-state index in [-0.39, 0.29) is 11.7 Å². The van der Waals surface area contributed by atoms with Crippen molar-refractivity contribution >= 4 is 23.5 Å². The highest BCUT2D eigenvalue weighted by molar-refractivity contribution is 6.26. The number of hydrogen-bond donors (Lipinski definition) is 0. The predicted molar refractivity (Wildman–Crippen MR) is 104 cm³/mol. The lowest BCUT2D eigenvalue weighted by Crippen LogP contribution is -2.25. The quantitative estimate of drug-likeness (QED) is 0.620. The number of carbonyl (C=O) groups is 2. The van der Waals surface area contributed by atoms with Crippen molar-refractivity contribution in [2.45, 2.75) is 6.92 Å². The van der Waals surface area contributed by atoms with E-state index in [2.05, 4.69) is 0 Å². The van der Waals surface area contributed by atoms with Crippen LogP contribution in [0.4, 0.5) is 5.69 Å². The molecule has 3 heteroatoms. The third kappa shape index (κ3) is 2.74.